The molecule has 1 atom stereocenters. The minimum Gasteiger partial charge on any atom is -0.480 e. The molecule has 0 saturated carbocycles. The lowest BCUT2D eigenvalue weighted by Gasteiger charge is -2.19. The zero-order valence-electron chi connectivity index (χ0n) is 12.5. The van der Waals surface area contributed by atoms with Crippen molar-refractivity contribution in [1.29, 1.82) is 0 Å². The molecule has 1 unspecified atom stereocenters. The first-order valence-corrected chi connectivity index (χ1v) is 6.46. The molecule has 0 bridgehead atoms. The van der Waals surface area contributed by atoms with Gasteiger partial charge < -0.3 is 9.47 Å². The van der Waals surface area contributed by atoms with E-state index in [0.29, 0.717) is 17.5 Å². The van der Waals surface area contributed by atoms with Gasteiger partial charge in [0.15, 0.2) is 0 Å². The molecule has 2 aromatic rings. The number of aryl methyl sites for hydroxylation is 2. The van der Waals surface area contributed by atoms with E-state index in [2.05, 4.69) is 20.4 Å². The monoisotopic (exact) mass is 289 g/mol. The van der Waals surface area contributed by atoms with Crippen molar-refractivity contribution >= 4 is 0 Å². The number of rotatable bonds is 5. The second-order valence-corrected chi connectivity index (χ2v) is 4.53. The average Bonchev–Trinajstić information content (AvgIpc) is 2.50. The molecule has 0 aliphatic rings. The maximum atomic E-state index is 5.71. The van der Waals surface area contributed by atoms with E-state index in [-0.39, 0.29) is 6.04 Å². The highest BCUT2D eigenvalue weighted by Gasteiger charge is 2.22. The van der Waals surface area contributed by atoms with Gasteiger partial charge in [-0.2, -0.15) is 4.98 Å². The molecule has 112 valence electrons. The quantitative estimate of drug-likeness (QED) is 0.627. The first-order chi connectivity index (χ1) is 10.1. The molecule has 0 aliphatic heterocycles. The minimum absolute atomic E-state index is 0.359. The Morgan fingerprint density at radius 3 is 2.48 bits per heavy atom. The fourth-order valence-electron chi connectivity index (χ4n) is 2.13. The van der Waals surface area contributed by atoms with Gasteiger partial charge in [0.05, 0.1) is 26.5 Å². The molecule has 3 N–H and O–H groups in total. The van der Waals surface area contributed by atoms with Crippen LogP contribution in [0.4, 0.5) is 0 Å². The van der Waals surface area contributed by atoms with Gasteiger partial charge in [0.1, 0.15) is 5.69 Å². The Morgan fingerprint density at radius 1 is 1.14 bits per heavy atom. The van der Waals surface area contributed by atoms with Gasteiger partial charge >= 0.3 is 0 Å². The number of hydrogen-bond acceptors (Lipinski definition) is 7. The Morgan fingerprint density at radius 2 is 1.90 bits per heavy atom. The summed E-state index contributed by atoms with van der Waals surface area (Å²) >= 11 is 0. The number of nitrogens with zero attached hydrogens (tertiary/aromatic N) is 3. The van der Waals surface area contributed by atoms with Crippen molar-refractivity contribution in [3.05, 3.63) is 41.0 Å². The molecule has 2 aromatic heterocycles. The van der Waals surface area contributed by atoms with Crippen molar-refractivity contribution in [1.82, 2.24) is 20.4 Å². The van der Waals surface area contributed by atoms with Gasteiger partial charge in [0, 0.05) is 11.4 Å². The van der Waals surface area contributed by atoms with Crippen LogP contribution >= 0.6 is 0 Å². The first-order valence-electron chi connectivity index (χ1n) is 6.46. The molecule has 7 heteroatoms. The Hall–Kier alpha value is -2.25. The fourth-order valence-corrected chi connectivity index (χ4v) is 2.13. The van der Waals surface area contributed by atoms with Crippen molar-refractivity contribution in [2.24, 2.45) is 5.84 Å². The normalized spacial score (nSPS) is 12.0. The molecule has 0 spiro atoms. The van der Waals surface area contributed by atoms with Crippen LogP contribution in [0.5, 0.6) is 11.8 Å². The summed E-state index contributed by atoms with van der Waals surface area (Å²) in [6, 6.07) is 3.52. The van der Waals surface area contributed by atoms with Crippen molar-refractivity contribution in [3.8, 4) is 11.8 Å². The van der Waals surface area contributed by atoms with Gasteiger partial charge in [-0.15, -0.1) is 0 Å². The van der Waals surface area contributed by atoms with Gasteiger partial charge in [0.25, 0.3) is 0 Å². The highest BCUT2D eigenvalue weighted by Crippen LogP contribution is 2.29. The summed E-state index contributed by atoms with van der Waals surface area (Å²) in [6.07, 6.45) is 1.53. The Kier molecular flexibility index (Phi) is 4.66. The van der Waals surface area contributed by atoms with E-state index in [0.717, 1.165) is 17.0 Å². The van der Waals surface area contributed by atoms with E-state index in [9.17, 15) is 0 Å². The molecule has 21 heavy (non-hydrogen) atoms. The number of ether oxygens (including phenoxy) is 2. The zero-order valence-corrected chi connectivity index (χ0v) is 12.5. The Bertz CT molecular complexity index is 633. The highest BCUT2D eigenvalue weighted by atomic mass is 16.5. The van der Waals surface area contributed by atoms with E-state index in [1.165, 1.54) is 20.4 Å². The lowest BCUT2D eigenvalue weighted by atomic mass is 10.0. The fraction of sp³-hybridized carbons (Fsp3) is 0.357. The van der Waals surface area contributed by atoms with Crippen LogP contribution < -0.4 is 20.7 Å². The highest BCUT2D eigenvalue weighted by molar-refractivity contribution is 5.36. The number of aromatic nitrogens is 3. The van der Waals surface area contributed by atoms with Crippen molar-refractivity contribution in [2.75, 3.05) is 14.2 Å². The average molecular weight is 289 g/mol. The van der Waals surface area contributed by atoms with Crippen LogP contribution in [0, 0.1) is 13.8 Å². The Balaban J connectivity index is 2.50. The van der Waals surface area contributed by atoms with Gasteiger partial charge in [-0.3, -0.25) is 10.8 Å². The van der Waals surface area contributed by atoms with Crippen molar-refractivity contribution in [2.45, 2.75) is 19.9 Å². The molecule has 0 fully saturated rings. The van der Waals surface area contributed by atoms with Crippen LogP contribution in [-0.2, 0) is 0 Å². The first kappa shape index (κ1) is 15.1. The largest absolute Gasteiger partial charge is 0.480 e. The van der Waals surface area contributed by atoms with Crippen molar-refractivity contribution < 1.29 is 9.47 Å². The van der Waals surface area contributed by atoms with Crippen LogP contribution in [-0.4, -0.2) is 29.2 Å². The summed E-state index contributed by atoms with van der Waals surface area (Å²) in [5, 5.41) is 0. The second-order valence-electron chi connectivity index (χ2n) is 4.53. The zero-order chi connectivity index (χ0) is 15.4. The number of nitrogens with one attached hydrogen (secondary N) is 1. The molecule has 0 aliphatic carbocycles. The standard InChI is InChI=1S/C14H19N5O2/c1-8-5-6-10(9(2)17-8)12(19-15)13-14(21-4)18-11(20-3)7-16-13/h5-7,12,19H,15H2,1-4H3. The summed E-state index contributed by atoms with van der Waals surface area (Å²) in [4.78, 5) is 13.0. The van der Waals surface area contributed by atoms with Crippen molar-refractivity contribution in [3.63, 3.8) is 0 Å². The van der Waals surface area contributed by atoms with Gasteiger partial charge in [0.2, 0.25) is 11.8 Å². The predicted octanol–water partition coefficient (Wildman–Crippen LogP) is 1.06. The SMILES string of the molecule is COc1cnc(C(NN)c2ccc(C)nc2C)c(OC)n1. The number of pyridine rings is 1. The molecular weight excluding hydrogens is 270 g/mol. The predicted molar refractivity (Wildman–Crippen MR) is 78.0 cm³/mol. The lowest BCUT2D eigenvalue weighted by Crippen LogP contribution is -2.31. The molecule has 0 saturated heterocycles. The number of hydrogen-bond donors (Lipinski definition) is 2. The number of hydrazine groups is 1. The van der Waals surface area contributed by atoms with Crippen LogP contribution in [0.1, 0.15) is 28.7 Å². The van der Waals surface area contributed by atoms with E-state index in [1.54, 1.807) is 0 Å². The van der Waals surface area contributed by atoms with Crippen LogP contribution in [0.15, 0.2) is 18.3 Å². The molecule has 0 aromatic carbocycles. The van der Waals surface area contributed by atoms with Crippen LogP contribution in [0.3, 0.4) is 0 Å². The maximum Gasteiger partial charge on any atom is 0.240 e. The molecule has 0 radical (unpaired) electrons. The molecule has 2 heterocycles. The van der Waals surface area contributed by atoms with E-state index < -0.39 is 0 Å². The van der Waals surface area contributed by atoms with Crippen LogP contribution in [0.2, 0.25) is 0 Å². The topological polar surface area (TPSA) is 95.2 Å². The third-order valence-corrected chi connectivity index (χ3v) is 3.16. The smallest absolute Gasteiger partial charge is 0.240 e. The van der Waals surface area contributed by atoms with Gasteiger partial charge in [-0.1, -0.05) is 6.07 Å². The summed E-state index contributed by atoms with van der Waals surface area (Å²) in [5.74, 6) is 6.44. The number of methoxy groups -OCH3 is 2. The van der Waals surface area contributed by atoms with E-state index in [1.807, 2.05) is 26.0 Å². The molecule has 0 amide bonds. The maximum absolute atomic E-state index is 5.71. The summed E-state index contributed by atoms with van der Waals surface area (Å²) in [7, 11) is 3.05. The number of nitrogens with two attached hydrogens (primary N) is 1. The third-order valence-electron chi connectivity index (χ3n) is 3.16. The third kappa shape index (κ3) is 3.09. The van der Waals surface area contributed by atoms with Crippen LogP contribution in [0.25, 0.3) is 0 Å². The molecule has 2 rings (SSSR count). The van der Waals surface area contributed by atoms with Gasteiger partial charge in [-0.05, 0) is 25.5 Å². The minimum atomic E-state index is -0.369. The van der Waals surface area contributed by atoms with E-state index >= 15 is 0 Å². The molecule has 7 nitrogen and oxygen atoms in total. The summed E-state index contributed by atoms with van der Waals surface area (Å²) in [6.45, 7) is 3.87. The Labute approximate surface area is 123 Å². The summed E-state index contributed by atoms with van der Waals surface area (Å²) < 4.78 is 10.3. The van der Waals surface area contributed by atoms with Gasteiger partial charge in [-0.25, -0.2) is 10.4 Å². The van der Waals surface area contributed by atoms with E-state index in [4.69, 9.17) is 15.3 Å². The molecular formula is C14H19N5O2. The summed E-state index contributed by atoms with van der Waals surface area (Å²) in [5.41, 5.74) is 6.06. The second kappa shape index (κ2) is 6.47. The lowest BCUT2D eigenvalue weighted by molar-refractivity contribution is 0.352.